The molecule has 0 aliphatic heterocycles. The highest BCUT2D eigenvalue weighted by Crippen LogP contribution is 2.36. The molecule has 2 aromatic heterocycles. The molecule has 0 saturated heterocycles. The molecular weight excluding hydrogens is 550 g/mol. The van der Waals surface area contributed by atoms with Gasteiger partial charge in [-0.05, 0) is 63.0 Å². The first kappa shape index (κ1) is 25.4. The summed E-state index contributed by atoms with van der Waals surface area (Å²) >= 11 is 0. The van der Waals surface area contributed by atoms with Crippen molar-refractivity contribution in [1.29, 1.82) is 0 Å². The second-order valence-corrected chi connectivity index (χ2v) is 11.3. The second-order valence-electron chi connectivity index (χ2n) is 11.3. The molecule has 4 heteroatoms. The van der Waals surface area contributed by atoms with E-state index in [0.29, 0.717) is 17.5 Å². The van der Waals surface area contributed by atoms with Gasteiger partial charge in [0.2, 0.25) is 0 Å². The first-order valence-electron chi connectivity index (χ1n) is 15.0. The fraction of sp³-hybridized carbons (Fsp3) is 0. The average molecular weight is 576 g/mol. The van der Waals surface area contributed by atoms with Crippen molar-refractivity contribution in [2.45, 2.75) is 0 Å². The van der Waals surface area contributed by atoms with E-state index in [1.165, 1.54) is 21.7 Å². The van der Waals surface area contributed by atoms with E-state index < -0.39 is 0 Å². The number of rotatable bonds is 4. The van der Waals surface area contributed by atoms with E-state index in [9.17, 15) is 0 Å². The van der Waals surface area contributed by atoms with Crippen molar-refractivity contribution >= 4 is 43.5 Å². The number of hydrogen-bond acceptors (Lipinski definition) is 4. The van der Waals surface area contributed by atoms with Gasteiger partial charge in [0.15, 0.2) is 17.5 Å². The van der Waals surface area contributed by atoms with Crippen molar-refractivity contribution in [1.82, 2.24) is 15.0 Å². The molecule has 0 amide bonds. The van der Waals surface area contributed by atoms with Crippen LogP contribution in [0, 0.1) is 0 Å². The minimum absolute atomic E-state index is 0.599. The summed E-state index contributed by atoms with van der Waals surface area (Å²) in [5, 5.41) is 6.94. The molecule has 0 atom stereocenters. The predicted molar refractivity (Wildman–Crippen MR) is 184 cm³/mol. The third kappa shape index (κ3) is 4.43. The maximum atomic E-state index is 6.38. The van der Waals surface area contributed by atoms with E-state index in [1.54, 1.807) is 0 Å². The molecule has 0 N–H and O–H groups in total. The highest BCUT2D eigenvalue weighted by atomic mass is 16.3. The van der Waals surface area contributed by atoms with Crippen molar-refractivity contribution < 1.29 is 4.42 Å². The van der Waals surface area contributed by atoms with E-state index >= 15 is 0 Å². The molecule has 210 valence electrons. The number of fused-ring (bicyclic) bond motifs is 5. The van der Waals surface area contributed by atoms with Gasteiger partial charge in [-0.25, -0.2) is 15.0 Å². The zero-order chi connectivity index (χ0) is 29.7. The molecule has 4 nitrogen and oxygen atoms in total. The molecule has 0 radical (unpaired) electrons. The van der Waals surface area contributed by atoms with E-state index in [0.717, 1.165) is 49.6 Å². The Bertz CT molecular complexity index is 2540. The van der Waals surface area contributed by atoms with E-state index in [4.69, 9.17) is 19.4 Å². The molecule has 45 heavy (non-hydrogen) atoms. The van der Waals surface area contributed by atoms with Crippen LogP contribution in [0.1, 0.15) is 0 Å². The van der Waals surface area contributed by atoms with Gasteiger partial charge < -0.3 is 4.42 Å². The van der Waals surface area contributed by atoms with Gasteiger partial charge in [0.05, 0.1) is 0 Å². The van der Waals surface area contributed by atoms with Gasteiger partial charge >= 0.3 is 0 Å². The first-order chi connectivity index (χ1) is 22.3. The average Bonchev–Trinajstić information content (AvgIpc) is 3.47. The lowest BCUT2D eigenvalue weighted by atomic mass is 9.97. The summed E-state index contributed by atoms with van der Waals surface area (Å²) in [5.74, 6) is 1.85. The Hall–Kier alpha value is -6.13. The van der Waals surface area contributed by atoms with E-state index in [-0.39, 0.29) is 0 Å². The molecule has 7 aromatic carbocycles. The second kappa shape index (κ2) is 10.2. The van der Waals surface area contributed by atoms with Gasteiger partial charge in [0.25, 0.3) is 0 Å². The van der Waals surface area contributed by atoms with Crippen LogP contribution in [0.25, 0.3) is 88.8 Å². The normalized spacial score (nSPS) is 11.6. The fourth-order valence-electron chi connectivity index (χ4n) is 6.25. The zero-order valence-electron chi connectivity index (χ0n) is 24.2. The molecule has 9 aromatic rings. The van der Waals surface area contributed by atoms with Crippen molar-refractivity contribution in [3.05, 3.63) is 152 Å². The summed E-state index contributed by atoms with van der Waals surface area (Å²) in [6, 6.07) is 52.3. The van der Waals surface area contributed by atoms with Crippen molar-refractivity contribution in [2.24, 2.45) is 0 Å². The van der Waals surface area contributed by atoms with E-state index in [2.05, 4.69) is 115 Å². The molecule has 0 unspecified atom stereocenters. The van der Waals surface area contributed by atoms with E-state index in [1.807, 2.05) is 36.4 Å². The van der Waals surface area contributed by atoms with Gasteiger partial charge in [-0.3, -0.25) is 0 Å². The molecule has 0 fully saturated rings. The first-order valence-corrected chi connectivity index (χ1v) is 15.0. The monoisotopic (exact) mass is 575 g/mol. The van der Waals surface area contributed by atoms with Crippen LogP contribution in [0.5, 0.6) is 0 Å². The predicted octanol–water partition coefficient (Wildman–Crippen LogP) is 10.7. The van der Waals surface area contributed by atoms with Gasteiger partial charge in [0, 0.05) is 27.5 Å². The third-order valence-corrected chi connectivity index (χ3v) is 8.49. The molecule has 0 aliphatic rings. The molecule has 0 bridgehead atoms. The number of nitrogens with zero attached hydrogens (tertiary/aromatic N) is 3. The summed E-state index contributed by atoms with van der Waals surface area (Å²) in [7, 11) is 0. The van der Waals surface area contributed by atoms with Crippen LogP contribution in [0.3, 0.4) is 0 Å². The fourth-order valence-corrected chi connectivity index (χ4v) is 6.25. The van der Waals surface area contributed by atoms with Crippen molar-refractivity contribution in [3.63, 3.8) is 0 Å². The Labute approximate surface area is 259 Å². The molecule has 9 rings (SSSR count). The summed E-state index contributed by atoms with van der Waals surface area (Å²) in [6.45, 7) is 0. The summed E-state index contributed by atoms with van der Waals surface area (Å²) in [5.41, 5.74) is 6.70. The molecular formula is C41H25N3O. The summed E-state index contributed by atoms with van der Waals surface area (Å²) < 4.78 is 6.38. The minimum atomic E-state index is 0.599. The van der Waals surface area contributed by atoms with Crippen LogP contribution in [0.15, 0.2) is 156 Å². The summed E-state index contributed by atoms with van der Waals surface area (Å²) in [6.07, 6.45) is 0. The number of benzene rings is 7. The van der Waals surface area contributed by atoms with Crippen LogP contribution in [0.4, 0.5) is 0 Å². The Morgan fingerprint density at radius 2 is 0.911 bits per heavy atom. The largest absolute Gasteiger partial charge is 0.456 e. The Morgan fingerprint density at radius 3 is 1.73 bits per heavy atom. The smallest absolute Gasteiger partial charge is 0.164 e. The minimum Gasteiger partial charge on any atom is -0.456 e. The van der Waals surface area contributed by atoms with Gasteiger partial charge in [-0.15, -0.1) is 0 Å². The van der Waals surface area contributed by atoms with Crippen LogP contribution in [-0.2, 0) is 0 Å². The van der Waals surface area contributed by atoms with Gasteiger partial charge in [-0.2, -0.15) is 0 Å². The molecule has 2 heterocycles. The topological polar surface area (TPSA) is 51.8 Å². The molecule has 0 saturated carbocycles. The lowest BCUT2D eigenvalue weighted by Gasteiger charge is -2.11. The third-order valence-electron chi connectivity index (χ3n) is 8.49. The quantitative estimate of drug-likeness (QED) is 0.209. The Kier molecular flexibility index (Phi) is 5.78. The molecule has 0 spiro atoms. The van der Waals surface area contributed by atoms with Gasteiger partial charge in [0.1, 0.15) is 11.2 Å². The number of aromatic nitrogens is 3. The molecule has 0 aliphatic carbocycles. The van der Waals surface area contributed by atoms with Crippen LogP contribution < -0.4 is 0 Å². The van der Waals surface area contributed by atoms with Crippen molar-refractivity contribution in [3.8, 4) is 45.3 Å². The van der Waals surface area contributed by atoms with Gasteiger partial charge in [-0.1, -0.05) is 121 Å². The lowest BCUT2D eigenvalue weighted by molar-refractivity contribution is 0.669. The summed E-state index contributed by atoms with van der Waals surface area (Å²) in [4.78, 5) is 15.0. The van der Waals surface area contributed by atoms with Crippen LogP contribution in [0.2, 0.25) is 0 Å². The highest BCUT2D eigenvalue weighted by molar-refractivity contribution is 6.10. The SMILES string of the molecule is c1ccc(-c2nc(-c3cccc(-c4cccc5ccccc45)c3)nc(-c3ccc4c(c3)oc3cc5ccccc5cc34)n2)cc1. The van der Waals surface area contributed by atoms with Crippen LogP contribution >= 0.6 is 0 Å². The maximum absolute atomic E-state index is 6.38. The van der Waals surface area contributed by atoms with Crippen LogP contribution in [-0.4, -0.2) is 15.0 Å². The Morgan fingerprint density at radius 1 is 0.333 bits per heavy atom. The standard InChI is InChI=1S/C41H25N3O/c1-2-11-27(12-3-1)39-42-40(31-17-8-16-30(22-31)34-19-9-15-26-10-6-7-18-33(26)34)44-41(43-39)32-20-21-35-36-23-28-13-4-5-14-29(28)24-38(36)45-37(35)25-32/h1-25H. The maximum Gasteiger partial charge on any atom is 0.164 e. The number of furan rings is 1. The highest BCUT2D eigenvalue weighted by Gasteiger charge is 2.16. The lowest BCUT2D eigenvalue weighted by Crippen LogP contribution is -2.00. The van der Waals surface area contributed by atoms with Crippen molar-refractivity contribution in [2.75, 3.05) is 0 Å². The zero-order valence-corrected chi connectivity index (χ0v) is 24.2. The number of hydrogen-bond donors (Lipinski definition) is 0. The Balaban J connectivity index is 1.20.